The molecule has 0 bridgehead atoms. The maximum Gasteiger partial charge on any atom is 0.176 e. The Kier molecular flexibility index (Phi) is 3.52. The van der Waals surface area contributed by atoms with Crippen molar-refractivity contribution in [2.24, 2.45) is 5.73 Å². The fourth-order valence-corrected chi connectivity index (χ4v) is 2.67. The first-order valence-electron chi connectivity index (χ1n) is 4.85. The summed E-state index contributed by atoms with van der Waals surface area (Å²) in [5, 5.41) is 0.917. The standard InChI is InChI=1S/C10H12N4S2/c1-6(11)8-3-4-9(12-5-8)15-10-13-7(2)14-16-10/h3-6H,11H2,1-2H3. The highest BCUT2D eigenvalue weighted by molar-refractivity contribution is 8.00. The van der Waals surface area contributed by atoms with E-state index < -0.39 is 0 Å². The molecule has 2 aromatic rings. The Bertz CT molecular complexity index is 464. The van der Waals surface area contributed by atoms with E-state index in [1.165, 1.54) is 23.3 Å². The molecule has 0 amide bonds. The Morgan fingerprint density at radius 2 is 2.25 bits per heavy atom. The number of rotatable bonds is 3. The summed E-state index contributed by atoms with van der Waals surface area (Å²) >= 11 is 2.91. The van der Waals surface area contributed by atoms with Crippen molar-refractivity contribution in [3.8, 4) is 0 Å². The van der Waals surface area contributed by atoms with Gasteiger partial charge in [-0.25, -0.2) is 9.97 Å². The smallest absolute Gasteiger partial charge is 0.176 e. The van der Waals surface area contributed by atoms with E-state index in [1.54, 1.807) is 6.20 Å². The van der Waals surface area contributed by atoms with Gasteiger partial charge in [0.05, 0.1) is 0 Å². The fourth-order valence-electron chi connectivity index (χ4n) is 1.13. The van der Waals surface area contributed by atoms with Crippen molar-refractivity contribution in [2.45, 2.75) is 29.3 Å². The van der Waals surface area contributed by atoms with Crippen LogP contribution in [0.15, 0.2) is 27.7 Å². The van der Waals surface area contributed by atoms with Gasteiger partial charge in [-0.2, -0.15) is 4.37 Å². The molecule has 2 aromatic heterocycles. The Labute approximate surface area is 102 Å². The fraction of sp³-hybridized carbons (Fsp3) is 0.300. The highest BCUT2D eigenvalue weighted by Gasteiger charge is 2.05. The molecule has 0 radical (unpaired) electrons. The number of pyridine rings is 1. The first-order valence-corrected chi connectivity index (χ1v) is 6.44. The molecule has 2 rings (SSSR count). The molecule has 0 aliphatic heterocycles. The van der Waals surface area contributed by atoms with E-state index in [0.717, 1.165) is 20.8 Å². The number of hydrogen-bond donors (Lipinski definition) is 1. The van der Waals surface area contributed by atoms with Gasteiger partial charge in [0.1, 0.15) is 10.9 Å². The largest absolute Gasteiger partial charge is 0.324 e. The highest BCUT2D eigenvalue weighted by Crippen LogP contribution is 2.27. The van der Waals surface area contributed by atoms with Crippen LogP contribution in [0.3, 0.4) is 0 Å². The predicted molar refractivity (Wildman–Crippen MR) is 65.6 cm³/mol. The predicted octanol–water partition coefficient (Wildman–Crippen LogP) is 2.41. The quantitative estimate of drug-likeness (QED) is 0.908. The molecule has 0 aromatic carbocycles. The molecular weight excluding hydrogens is 240 g/mol. The summed E-state index contributed by atoms with van der Waals surface area (Å²) in [5.74, 6) is 0.805. The lowest BCUT2D eigenvalue weighted by atomic mass is 10.2. The maximum atomic E-state index is 5.75. The monoisotopic (exact) mass is 252 g/mol. The number of nitrogens with zero attached hydrogens (tertiary/aromatic N) is 3. The zero-order valence-electron chi connectivity index (χ0n) is 9.04. The minimum Gasteiger partial charge on any atom is -0.324 e. The number of nitrogens with two attached hydrogens (primary N) is 1. The van der Waals surface area contributed by atoms with Crippen LogP contribution in [0.5, 0.6) is 0 Å². The average Bonchev–Trinajstić information content (AvgIpc) is 2.65. The molecule has 0 spiro atoms. The average molecular weight is 252 g/mol. The van der Waals surface area contributed by atoms with Crippen LogP contribution in [0.4, 0.5) is 0 Å². The van der Waals surface area contributed by atoms with E-state index in [0.29, 0.717) is 0 Å². The van der Waals surface area contributed by atoms with Crippen LogP contribution in [0.1, 0.15) is 24.4 Å². The van der Waals surface area contributed by atoms with Gasteiger partial charge in [0.25, 0.3) is 0 Å². The van der Waals surface area contributed by atoms with Crippen LogP contribution in [0, 0.1) is 6.92 Å². The van der Waals surface area contributed by atoms with Gasteiger partial charge in [0.2, 0.25) is 0 Å². The second-order valence-corrected chi connectivity index (χ2v) is 5.45. The van der Waals surface area contributed by atoms with Crippen LogP contribution in [0.25, 0.3) is 0 Å². The molecule has 16 heavy (non-hydrogen) atoms. The van der Waals surface area contributed by atoms with Crippen LogP contribution < -0.4 is 5.73 Å². The van der Waals surface area contributed by atoms with Crippen LogP contribution in [-0.2, 0) is 0 Å². The SMILES string of the molecule is Cc1nsc(Sc2ccc(C(C)N)cn2)n1. The summed E-state index contributed by atoms with van der Waals surface area (Å²) < 4.78 is 5.04. The summed E-state index contributed by atoms with van der Waals surface area (Å²) in [5.41, 5.74) is 6.79. The molecule has 4 nitrogen and oxygen atoms in total. The third-order valence-electron chi connectivity index (χ3n) is 1.99. The third-order valence-corrected chi connectivity index (χ3v) is 3.78. The van der Waals surface area contributed by atoms with E-state index in [-0.39, 0.29) is 6.04 Å². The molecule has 0 aliphatic carbocycles. The molecule has 0 saturated carbocycles. The zero-order valence-corrected chi connectivity index (χ0v) is 10.7. The van der Waals surface area contributed by atoms with E-state index in [4.69, 9.17) is 5.73 Å². The van der Waals surface area contributed by atoms with Gasteiger partial charge in [-0.05, 0) is 48.8 Å². The minimum absolute atomic E-state index is 0.0234. The van der Waals surface area contributed by atoms with Crippen molar-refractivity contribution in [3.63, 3.8) is 0 Å². The van der Waals surface area contributed by atoms with Crippen molar-refractivity contribution >= 4 is 23.3 Å². The molecule has 1 unspecified atom stereocenters. The highest BCUT2D eigenvalue weighted by atomic mass is 32.2. The van der Waals surface area contributed by atoms with Crippen LogP contribution >= 0.6 is 23.3 Å². The molecule has 6 heteroatoms. The molecule has 84 valence electrons. The van der Waals surface area contributed by atoms with Gasteiger partial charge >= 0.3 is 0 Å². The summed E-state index contributed by atoms with van der Waals surface area (Å²) in [4.78, 5) is 8.60. The zero-order chi connectivity index (χ0) is 11.5. The topological polar surface area (TPSA) is 64.7 Å². The summed E-state index contributed by atoms with van der Waals surface area (Å²) in [6, 6.07) is 3.98. The Balaban J connectivity index is 2.11. The first kappa shape index (κ1) is 11.5. The minimum atomic E-state index is 0.0234. The van der Waals surface area contributed by atoms with Gasteiger partial charge in [-0.3, -0.25) is 0 Å². The van der Waals surface area contributed by atoms with Gasteiger partial charge in [0, 0.05) is 12.2 Å². The molecule has 1 atom stereocenters. The number of hydrogen-bond acceptors (Lipinski definition) is 6. The molecule has 0 fully saturated rings. The molecule has 2 heterocycles. The normalized spacial score (nSPS) is 12.7. The summed E-state index contributed by atoms with van der Waals surface area (Å²) in [6.45, 7) is 3.82. The van der Waals surface area contributed by atoms with Crippen LogP contribution in [-0.4, -0.2) is 14.3 Å². The second-order valence-electron chi connectivity index (χ2n) is 3.43. The Morgan fingerprint density at radius 1 is 1.44 bits per heavy atom. The van der Waals surface area contributed by atoms with Gasteiger partial charge in [-0.1, -0.05) is 6.07 Å². The molecule has 2 N–H and O–H groups in total. The second kappa shape index (κ2) is 4.90. The van der Waals surface area contributed by atoms with E-state index >= 15 is 0 Å². The van der Waals surface area contributed by atoms with E-state index in [2.05, 4.69) is 14.3 Å². The number of aryl methyl sites for hydroxylation is 1. The summed E-state index contributed by atoms with van der Waals surface area (Å²) in [7, 11) is 0. The third kappa shape index (κ3) is 2.78. The van der Waals surface area contributed by atoms with Gasteiger partial charge < -0.3 is 5.73 Å². The van der Waals surface area contributed by atoms with Crippen molar-refractivity contribution in [1.29, 1.82) is 0 Å². The van der Waals surface area contributed by atoms with Crippen LogP contribution in [0.2, 0.25) is 0 Å². The maximum absolute atomic E-state index is 5.75. The van der Waals surface area contributed by atoms with Gasteiger partial charge in [-0.15, -0.1) is 0 Å². The molecule has 0 aliphatic rings. The Morgan fingerprint density at radius 3 is 2.75 bits per heavy atom. The van der Waals surface area contributed by atoms with E-state index in [1.807, 2.05) is 26.0 Å². The lowest BCUT2D eigenvalue weighted by Crippen LogP contribution is -2.04. The number of aromatic nitrogens is 3. The summed E-state index contributed by atoms with van der Waals surface area (Å²) in [6.07, 6.45) is 1.81. The lowest BCUT2D eigenvalue weighted by Gasteiger charge is -2.04. The lowest BCUT2D eigenvalue weighted by molar-refractivity contribution is 0.806. The molecular formula is C10H12N4S2. The van der Waals surface area contributed by atoms with Crippen molar-refractivity contribution < 1.29 is 0 Å². The van der Waals surface area contributed by atoms with Crippen molar-refractivity contribution in [2.75, 3.05) is 0 Å². The first-order chi connectivity index (χ1) is 7.65. The van der Waals surface area contributed by atoms with Gasteiger partial charge in [0.15, 0.2) is 4.34 Å². The van der Waals surface area contributed by atoms with Crippen molar-refractivity contribution in [3.05, 3.63) is 29.7 Å². The molecule has 0 saturated heterocycles. The Hall–Kier alpha value is -0.980. The van der Waals surface area contributed by atoms with Crippen molar-refractivity contribution in [1.82, 2.24) is 14.3 Å². The van der Waals surface area contributed by atoms with E-state index in [9.17, 15) is 0 Å².